The van der Waals surface area contributed by atoms with Crippen LogP contribution in [0.5, 0.6) is 11.5 Å². The zero-order valence-corrected chi connectivity index (χ0v) is 12.9. The Labute approximate surface area is 129 Å². The largest absolute Gasteiger partial charge is 0.493 e. The van der Waals surface area contributed by atoms with Gasteiger partial charge in [-0.05, 0) is 31.2 Å². The lowest BCUT2D eigenvalue weighted by Gasteiger charge is -2.15. The van der Waals surface area contributed by atoms with Crippen molar-refractivity contribution < 1.29 is 13.9 Å². The molecule has 0 radical (unpaired) electrons. The fraction of sp³-hybridized carbons (Fsp3) is 0.222. The topological polar surface area (TPSA) is 43.6 Å². The summed E-state index contributed by atoms with van der Waals surface area (Å²) >= 11 is 0. The number of methoxy groups -OCH3 is 2. The normalized spacial score (nSPS) is 12.1. The number of benzene rings is 2. The Bertz CT molecular complexity index is 746. The summed E-state index contributed by atoms with van der Waals surface area (Å²) in [6.45, 7) is 2.06. The summed E-state index contributed by atoms with van der Waals surface area (Å²) in [4.78, 5) is 0. The second-order valence-electron chi connectivity index (χ2n) is 5.12. The molecule has 2 aromatic carbocycles. The van der Waals surface area contributed by atoms with Gasteiger partial charge in [0.05, 0.1) is 20.3 Å². The van der Waals surface area contributed by atoms with E-state index in [1.54, 1.807) is 14.2 Å². The van der Waals surface area contributed by atoms with Gasteiger partial charge in [-0.25, -0.2) is 0 Å². The number of furan rings is 1. The van der Waals surface area contributed by atoms with Crippen LogP contribution in [0.25, 0.3) is 11.0 Å². The fourth-order valence-electron chi connectivity index (χ4n) is 2.46. The van der Waals surface area contributed by atoms with E-state index in [1.165, 1.54) is 0 Å². The van der Waals surface area contributed by atoms with Crippen LogP contribution in [0.3, 0.4) is 0 Å². The van der Waals surface area contributed by atoms with Crippen LogP contribution >= 0.6 is 0 Å². The first kappa shape index (κ1) is 14.3. The number of ether oxygens (including phenoxy) is 2. The van der Waals surface area contributed by atoms with Crippen LogP contribution in [-0.2, 0) is 0 Å². The number of para-hydroxylation sites is 1. The summed E-state index contributed by atoms with van der Waals surface area (Å²) in [6.07, 6.45) is 0. The zero-order valence-electron chi connectivity index (χ0n) is 12.9. The molecule has 114 valence electrons. The summed E-state index contributed by atoms with van der Waals surface area (Å²) < 4.78 is 16.5. The summed E-state index contributed by atoms with van der Waals surface area (Å²) in [5.74, 6) is 2.31. The van der Waals surface area contributed by atoms with Crippen molar-refractivity contribution in [3.8, 4) is 11.5 Å². The van der Waals surface area contributed by atoms with Crippen LogP contribution < -0.4 is 14.8 Å². The highest BCUT2D eigenvalue weighted by Crippen LogP contribution is 2.32. The molecule has 0 bridgehead atoms. The molecule has 22 heavy (non-hydrogen) atoms. The molecule has 0 saturated carbocycles. The number of anilines is 1. The molecule has 0 fully saturated rings. The number of nitrogens with one attached hydrogen (secondary N) is 1. The molecule has 3 rings (SSSR count). The second-order valence-corrected chi connectivity index (χ2v) is 5.12. The van der Waals surface area contributed by atoms with Crippen LogP contribution in [-0.4, -0.2) is 14.2 Å². The van der Waals surface area contributed by atoms with Crippen molar-refractivity contribution >= 4 is 16.7 Å². The molecule has 0 aliphatic carbocycles. The molecule has 1 unspecified atom stereocenters. The van der Waals surface area contributed by atoms with Crippen molar-refractivity contribution in [2.24, 2.45) is 0 Å². The monoisotopic (exact) mass is 297 g/mol. The standard InChI is InChI=1S/C18H19NO3/c1-12(17-10-13-6-4-5-7-15(13)22-17)19-14-8-9-16(20-2)18(11-14)21-3/h4-12,19H,1-3H3. The Morgan fingerprint density at radius 2 is 1.73 bits per heavy atom. The van der Waals surface area contributed by atoms with Crippen LogP contribution in [0.15, 0.2) is 52.9 Å². The summed E-state index contributed by atoms with van der Waals surface area (Å²) in [6, 6.07) is 15.9. The third-order valence-electron chi connectivity index (χ3n) is 3.64. The van der Waals surface area contributed by atoms with Crippen molar-refractivity contribution in [3.63, 3.8) is 0 Å². The zero-order chi connectivity index (χ0) is 15.5. The van der Waals surface area contributed by atoms with Gasteiger partial charge in [-0.2, -0.15) is 0 Å². The van der Waals surface area contributed by atoms with E-state index >= 15 is 0 Å². The molecule has 0 amide bonds. The Morgan fingerprint density at radius 1 is 0.955 bits per heavy atom. The predicted octanol–water partition coefficient (Wildman–Crippen LogP) is 4.62. The Hall–Kier alpha value is -2.62. The highest BCUT2D eigenvalue weighted by molar-refractivity contribution is 5.78. The van der Waals surface area contributed by atoms with Crippen LogP contribution in [0.4, 0.5) is 5.69 Å². The maximum absolute atomic E-state index is 5.89. The third-order valence-corrected chi connectivity index (χ3v) is 3.64. The lowest BCUT2D eigenvalue weighted by atomic mass is 10.2. The molecule has 0 aliphatic heterocycles. The molecule has 0 aliphatic rings. The maximum Gasteiger partial charge on any atom is 0.162 e. The van der Waals surface area contributed by atoms with Crippen molar-refractivity contribution in [1.29, 1.82) is 0 Å². The quantitative estimate of drug-likeness (QED) is 0.746. The van der Waals surface area contributed by atoms with Gasteiger partial charge in [-0.15, -0.1) is 0 Å². The molecule has 0 spiro atoms. The van der Waals surface area contributed by atoms with E-state index in [0.717, 1.165) is 22.4 Å². The molecule has 4 nitrogen and oxygen atoms in total. The SMILES string of the molecule is COc1ccc(NC(C)c2cc3ccccc3o2)cc1OC. The highest BCUT2D eigenvalue weighted by Gasteiger charge is 2.12. The smallest absolute Gasteiger partial charge is 0.162 e. The summed E-state index contributed by atoms with van der Waals surface area (Å²) in [5.41, 5.74) is 1.85. The van der Waals surface area contributed by atoms with Crippen molar-refractivity contribution in [2.45, 2.75) is 13.0 Å². The van der Waals surface area contributed by atoms with Gasteiger partial charge in [0.25, 0.3) is 0 Å². The van der Waals surface area contributed by atoms with E-state index in [2.05, 4.69) is 18.3 Å². The molecule has 1 heterocycles. The van der Waals surface area contributed by atoms with Gasteiger partial charge in [0, 0.05) is 17.1 Å². The van der Waals surface area contributed by atoms with E-state index in [-0.39, 0.29) is 6.04 Å². The van der Waals surface area contributed by atoms with E-state index in [9.17, 15) is 0 Å². The first-order chi connectivity index (χ1) is 10.7. The number of rotatable bonds is 5. The van der Waals surface area contributed by atoms with E-state index in [0.29, 0.717) is 11.5 Å². The molecular formula is C18H19NO3. The molecule has 4 heteroatoms. The van der Waals surface area contributed by atoms with E-state index < -0.39 is 0 Å². The summed E-state index contributed by atoms with van der Waals surface area (Å²) in [5, 5.41) is 4.53. The Balaban J connectivity index is 1.82. The van der Waals surface area contributed by atoms with Gasteiger partial charge in [0.2, 0.25) is 0 Å². The molecule has 1 N–H and O–H groups in total. The number of fused-ring (bicyclic) bond motifs is 1. The van der Waals surface area contributed by atoms with E-state index in [4.69, 9.17) is 13.9 Å². The minimum Gasteiger partial charge on any atom is -0.493 e. The number of hydrogen-bond acceptors (Lipinski definition) is 4. The van der Waals surface area contributed by atoms with Crippen molar-refractivity contribution in [2.75, 3.05) is 19.5 Å². The maximum atomic E-state index is 5.89. The third kappa shape index (κ3) is 2.72. The van der Waals surface area contributed by atoms with Crippen LogP contribution in [0.1, 0.15) is 18.7 Å². The van der Waals surface area contributed by atoms with Gasteiger partial charge in [0.1, 0.15) is 11.3 Å². The minimum absolute atomic E-state index is 0.0468. The van der Waals surface area contributed by atoms with Gasteiger partial charge >= 0.3 is 0 Å². The second kappa shape index (κ2) is 6.02. The number of hydrogen-bond donors (Lipinski definition) is 1. The van der Waals surface area contributed by atoms with Crippen molar-refractivity contribution in [1.82, 2.24) is 0 Å². The summed E-state index contributed by atoms with van der Waals surface area (Å²) in [7, 11) is 3.26. The van der Waals surface area contributed by atoms with Crippen LogP contribution in [0, 0.1) is 0 Å². The highest BCUT2D eigenvalue weighted by atomic mass is 16.5. The predicted molar refractivity (Wildman–Crippen MR) is 87.8 cm³/mol. The molecule has 3 aromatic rings. The Kier molecular flexibility index (Phi) is 3.92. The van der Waals surface area contributed by atoms with Crippen molar-refractivity contribution in [3.05, 3.63) is 54.3 Å². The minimum atomic E-state index is 0.0468. The fourth-order valence-corrected chi connectivity index (χ4v) is 2.46. The molecule has 1 aromatic heterocycles. The van der Waals surface area contributed by atoms with E-state index in [1.807, 2.05) is 42.5 Å². The average Bonchev–Trinajstić information content (AvgIpc) is 2.99. The van der Waals surface area contributed by atoms with Gasteiger partial charge in [-0.3, -0.25) is 0 Å². The molecule has 1 atom stereocenters. The van der Waals surface area contributed by atoms with Gasteiger partial charge in [0.15, 0.2) is 11.5 Å². The van der Waals surface area contributed by atoms with Gasteiger partial charge < -0.3 is 19.2 Å². The lowest BCUT2D eigenvalue weighted by molar-refractivity contribution is 0.355. The molecule has 0 saturated heterocycles. The van der Waals surface area contributed by atoms with Crippen LogP contribution in [0.2, 0.25) is 0 Å². The Morgan fingerprint density at radius 3 is 2.45 bits per heavy atom. The van der Waals surface area contributed by atoms with Gasteiger partial charge in [-0.1, -0.05) is 18.2 Å². The molecular weight excluding hydrogens is 278 g/mol. The first-order valence-corrected chi connectivity index (χ1v) is 7.18. The average molecular weight is 297 g/mol. The lowest BCUT2D eigenvalue weighted by Crippen LogP contribution is -2.05. The first-order valence-electron chi connectivity index (χ1n) is 7.18.